The lowest BCUT2D eigenvalue weighted by molar-refractivity contribution is 0.181. The first kappa shape index (κ1) is 10.9. The van der Waals surface area contributed by atoms with Crippen LogP contribution in [-0.2, 0) is 17.8 Å². The van der Waals surface area contributed by atoms with E-state index in [4.69, 9.17) is 10.6 Å². The standard InChI is InChI=1S/C9H16N4O/c1-3-4-8-11-7(6-14-2)5-9(12-8)13-10/h5H,3-4,6,10H2,1-2H3,(H,11,12,13). The Morgan fingerprint density at radius 3 is 2.86 bits per heavy atom. The molecule has 1 rings (SSSR count). The van der Waals surface area contributed by atoms with Gasteiger partial charge < -0.3 is 10.2 Å². The maximum atomic E-state index is 5.30. The average Bonchev–Trinajstić information content (AvgIpc) is 2.18. The Bertz CT molecular complexity index is 266. The van der Waals surface area contributed by atoms with Gasteiger partial charge in [0, 0.05) is 19.6 Å². The van der Waals surface area contributed by atoms with Crippen LogP contribution in [0.2, 0.25) is 0 Å². The molecule has 78 valence electrons. The predicted octanol–water partition coefficient (Wildman–Crippen LogP) is 0.861. The number of hydrogen-bond acceptors (Lipinski definition) is 5. The lowest BCUT2D eigenvalue weighted by atomic mass is 10.3. The van der Waals surface area contributed by atoms with Crippen molar-refractivity contribution in [3.05, 3.63) is 17.6 Å². The Kier molecular flexibility index (Phi) is 4.28. The van der Waals surface area contributed by atoms with Crippen molar-refractivity contribution in [1.82, 2.24) is 9.97 Å². The first-order chi connectivity index (χ1) is 6.80. The third kappa shape index (κ3) is 2.93. The summed E-state index contributed by atoms with van der Waals surface area (Å²) in [4.78, 5) is 8.55. The van der Waals surface area contributed by atoms with Gasteiger partial charge in [-0.3, -0.25) is 0 Å². The van der Waals surface area contributed by atoms with E-state index in [0.29, 0.717) is 12.4 Å². The summed E-state index contributed by atoms with van der Waals surface area (Å²) in [5.41, 5.74) is 3.36. The molecule has 0 radical (unpaired) electrons. The molecule has 1 heterocycles. The molecule has 5 heteroatoms. The molecule has 0 atom stereocenters. The van der Waals surface area contributed by atoms with Gasteiger partial charge in [0.15, 0.2) is 0 Å². The second kappa shape index (κ2) is 5.51. The van der Waals surface area contributed by atoms with Gasteiger partial charge in [0.25, 0.3) is 0 Å². The van der Waals surface area contributed by atoms with E-state index < -0.39 is 0 Å². The van der Waals surface area contributed by atoms with E-state index in [1.54, 1.807) is 13.2 Å². The van der Waals surface area contributed by atoms with Crippen molar-refractivity contribution in [3.8, 4) is 0 Å². The summed E-state index contributed by atoms with van der Waals surface area (Å²) in [5, 5.41) is 0. The van der Waals surface area contributed by atoms with Crippen LogP contribution in [-0.4, -0.2) is 17.1 Å². The van der Waals surface area contributed by atoms with Crippen LogP contribution in [0, 0.1) is 0 Å². The summed E-state index contributed by atoms with van der Waals surface area (Å²) in [6, 6.07) is 1.78. The molecule has 0 aliphatic rings. The second-order valence-corrected chi connectivity index (χ2v) is 2.99. The molecule has 1 aromatic rings. The monoisotopic (exact) mass is 196 g/mol. The summed E-state index contributed by atoms with van der Waals surface area (Å²) in [5.74, 6) is 6.73. The maximum Gasteiger partial charge on any atom is 0.144 e. The number of anilines is 1. The SMILES string of the molecule is CCCc1nc(COC)cc(NN)n1. The summed E-state index contributed by atoms with van der Waals surface area (Å²) in [6.07, 6.45) is 1.87. The van der Waals surface area contributed by atoms with Crippen LogP contribution in [0.5, 0.6) is 0 Å². The minimum atomic E-state index is 0.480. The Morgan fingerprint density at radius 1 is 1.50 bits per heavy atom. The van der Waals surface area contributed by atoms with Gasteiger partial charge in [-0.05, 0) is 6.42 Å². The highest BCUT2D eigenvalue weighted by Crippen LogP contribution is 2.07. The van der Waals surface area contributed by atoms with E-state index in [2.05, 4.69) is 22.3 Å². The molecule has 0 saturated heterocycles. The Hall–Kier alpha value is -1.20. The van der Waals surface area contributed by atoms with E-state index in [1.807, 2.05) is 0 Å². The highest BCUT2D eigenvalue weighted by atomic mass is 16.5. The molecule has 0 fully saturated rings. The number of aromatic nitrogens is 2. The minimum absolute atomic E-state index is 0.480. The number of aryl methyl sites for hydroxylation is 1. The third-order valence-corrected chi connectivity index (χ3v) is 1.74. The van der Waals surface area contributed by atoms with Crippen molar-refractivity contribution < 1.29 is 4.74 Å². The minimum Gasteiger partial charge on any atom is -0.378 e. The van der Waals surface area contributed by atoms with Crippen molar-refractivity contribution in [2.45, 2.75) is 26.4 Å². The predicted molar refractivity (Wildman–Crippen MR) is 54.6 cm³/mol. The average molecular weight is 196 g/mol. The molecule has 14 heavy (non-hydrogen) atoms. The molecule has 0 amide bonds. The molecule has 0 aliphatic carbocycles. The lowest BCUT2D eigenvalue weighted by Gasteiger charge is -2.06. The van der Waals surface area contributed by atoms with Gasteiger partial charge >= 0.3 is 0 Å². The highest BCUT2D eigenvalue weighted by Gasteiger charge is 2.02. The molecule has 0 aliphatic heterocycles. The van der Waals surface area contributed by atoms with E-state index in [-0.39, 0.29) is 0 Å². The quantitative estimate of drug-likeness (QED) is 0.539. The normalized spacial score (nSPS) is 10.2. The molecule has 0 bridgehead atoms. The summed E-state index contributed by atoms with van der Waals surface area (Å²) in [7, 11) is 1.64. The van der Waals surface area contributed by atoms with E-state index in [9.17, 15) is 0 Å². The number of methoxy groups -OCH3 is 1. The molecule has 1 aromatic heterocycles. The van der Waals surface area contributed by atoms with Crippen LogP contribution < -0.4 is 11.3 Å². The number of nitrogens with zero attached hydrogens (tertiary/aromatic N) is 2. The van der Waals surface area contributed by atoms with Crippen molar-refractivity contribution in [1.29, 1.82) is 0 Å². The number of nitrogens with one attached hydrogen (secondary N) is 1. The zero-order chi connectivity index (χ0) is 10.4. The molecule has 5 nitrogen and oxygen atoms in total. The zero-order valence-corrected chi connectivity index (χ0v) is 8.58. The fourth-order valence-electron chi connectivity index (χ4n) is 1.18. The Labute approximate surface area is 83.7 Å². The first-order valence-electron chi connectivity index (χ1n) is 4.62. The summed E-state index contributed by atoms with van der Waals surface area (Å²) in [6.45, 7) is 2.57. The first-order valence-corrected chi connectivity index (χ1v) is 4.62. The van der Waals surface area contributed by atoms with Crippen LogP contribution in [0.3, 0.4) is 0 Å². The van der Waals surface area contributed by atoms with E-state index in [1.165, 1.54) is 0 Å². The van der Waals surface area contributed by atoms with Crippen LogP contribution in [0.4, 0.5) is 5.82 Å². The van der Waals surface area contributed by atoms with Crippen molar-refractivity contribution in [2.24, 2.45) is 5.84 Å². The number of nitrogens with two attached hydrogens (primary N) is 1. The van der Waals surface area contributed by atoms with Gasteiger partial charge in [-0.1, -0.05) is 6.92 Å². The van der Waals surface area contributed by atoms with Crippen LogP contribution in [0.25, 0.3) is 0 Å². The number of hydrazine groups is 1. The van der Waals surface area contributed by atoms with Crippen molar-refractivity contribution in [2.75, 3.05) is 12.5 Å². The fraction of sp³-hybridized carbons (Fsp3) is 0.556. The Balaban J connectivity index is 2.88. The molecule has 3 N–H and O–H groups in total. The van der Waals surface area contributed by atoms with Crippen LogP contribution in [0.1, 0.15) is 24.9 Å². The number of ether oxygens (including phenoxy) is 1. The molecular weight excluding hydrogens is 180 g/mol. The molecule has 0 aromatic carbocycles. The van der Waals surface area contributed by atoms with Crippen molar-refractivity contribution in [3.63, 3.8) is 0 Å². The van der Waals surface area contributed by atoms with Gasteiger partial charge in [0.05, 0.1) is 12.3 Å². The zero-order valence-electron chi connectivity index (χ0n) is 8.58. The fourth-order valence-corrected chi connectivity index (χ4v) is 1.18. The smallest absolute Gasteiger partial charge is 0.144 e. The van der Waals surface area contributed by atoms with Crippen LogP contribution >= 0.6 is 0 Å². The maximum absolute atomic E-state index is 5.30. The molecule has 0 spiro atoms. The van der Waals surface area contributed by atoms with Gasteiger partial charge in [-0.15, -0.1) is 0 Å². The van der Waals surface area contributed by atoms with Gasteiger partial charge in [0.1, 0.15) is 11.6 Å². The summed E-state index contributed by atoms with van der Waals surface area (Å²) < 4.78 is 5.00. The second-order valence-electron chi connectivity index (χ2n) is 2.99. The van der Waals surface area contributed by atoms with Crippen LogP contribution in [0.15, 0.2) is 6.07 Å². The van der Waals surface area contributed by atoms with Gasteiger partial charge in [0.2, 0.25) is 0 Å². The van der Waals surface area contributed by atoms with E-state index in [0.717, 1.165) is 24.4 Å². The Morgan fingerprint density at radius 2 is 2.29 bits per heavy atom. The molecule has 0 saturated carbocycles. The topological polar surface area (TPSA) is 73.1 Å². The largest absolute Gasteiger partial charge is 0.378 e. The third-order valence-electron chi connectivity index (χ3n) is 1.74. The molecular formula is C9H16N4O. The lowest BCUT2D eigenvalue weighted by Crippen LogP contribution is -2.12. The molecule has 0 unspecified atom stereocenters. The van der Waals surface area contributed by atoms with Gasteiger partial charge in [-0.2, -0.15) is 0 Å². The number of nitrogen functional groups attached to an aromatic ring is 1. The van der Waals surface area contributed by atoms with Crippen molar-refractivity contribution >= 4 is 5.82 Å². The number of hydrogen-bond donors (Lipinski definition) is 2. The summed E-state index contributed by atoms with van der Waals surface area (Å²) >= 11 is 0. The highest BCUT2D eigenvalue weighted by molar-refractivity contribution is 5.34. The number of rotatable bonds is 5. The van der Waals surface area contributed by atoms with E-state index >= 15 is 0 Å². The van der Waals surface area contributed by atoms with Gasteiger partial charge in [-0.25, -0.2) is 15.8 Å².